The van der Waals surface area contributed by atoms with Crippen LogP contribution in [-0.4, -0.2) is 30.4 Å². The van der Waals surface area contributed by atoms with Gasteiger partial charge in [-0.25, -0.2) is 8.78 Å². The molecule has 0 bridgehead atoms. The molecule has 2 rings (SSSR count). The fraction of sp³-hybridized carbons (Fsp3) is 0.533. The molecule has 118 valence electrons. The summed E-state index contributed by atoms with van der Waals surface area (Å²) in [6.45, 7) is 5.60. The van der Waals surface area contributed by atoms with Gasteiger partial charge in [-0.1, -0.05) is 13.0 Å². The quantitative estimate of drug-likeness (QED) is 0.931. The van der Waals surface area contributed by atoms with Crippen LogP contribution in [0.25, 0.3) is 0 Å². The zero-order valence-electron chi connectivity index (χ0n) is 12.2. The summed E-state index contributed by atoms with van der Waals surface area (Å²) >= 11 is 0. The molecular formula is C15H21ClF2N2O. The average Bonchev–Trinajstić information content (AvgIpc) is 2.83. The third-order valence-corrected chi connectivity index (χ3v) is 4.18. The number of halogens is 3. The van der Waals surface area contributed by atoms with Gasteiger partial charge in [0.2, 0.25) is 5.91 Å². The van der Waals surface area contributed by atoms with Crippen molar-refractivity contribution in [1.82, 2.24) is 4.90 Å². The summed E-state index contributed by atoms with van der Waals surface area (Å²) < 4.78 is 26.2. The number of hydrogen-bond acceptors (Lipinski definition) is 2. The van der Waals surface area contributed by atoms with E-state index < -0.39 is 17.6 Å². The predicted molar refractivity (Wildman–Crippen MR) is 80.4 cm³/mol. The van der Waals surface area contributed by atoms with Gasteiger partial charge in [-0.15, -0.1) is 12.4 Å². The van der Waals surface area contributed by atoms with E-state index in [9.17, 15) is 13.6 Å². The third kappa shape index (κ3) is 3.71. The van der Waals surface area contributed by atoms with Crippen molar-refractivity contribution < 1.29 is 13.6 Å². The summed E-state index contributed by atoms with van der Waals surface area (Å²) in [6, 6.07) is 3.61. The summed E-state index contributed by atoms with van der Waals surface area (Å²) in [4.78, 5) is 14.2. The van der Waals surface area contributed by atoms with Crippen LogP contribution in [-0.2, 0) is 4.79 Å². The summed E-state index contributed by atoms with van der Waals surface area (Å²) in [5.74, 6) is -2.36. The number of likely N-dealkylation sites (tertiary alicyclic amines) is 1. The molecule has 1 aromatic rings. The smallest absolute Gasteiger partial charge is 0.229 e. The summed E-state index contributed by atoms with van der Waals surface area (Å²) in [5.41, 5.74) is 6.18. The van der Waals surface area contributed by atoms with Gasteiger partial charge in [0.15, 0.2) is 11.6 Å². The van der Waals surface area contributed by atoms with E-state index in [2.05, 4.69) is 6.92 Å². The SMILES string of the molecule is CC(C(=O)N1CCC(C)(CN)C1)c1ccc(F)c(F)c1.Cl. The van der Waals surface area contributed by atoms with E-state index >= 15 is 0 Å². The molecule has 1 fully saturated rings. The molecule has 2 N–H and O–H groups in total. The Balaban J connectivity index is 0.00000220. The molecule has 21 heavy (non-hydrogen) atoms. The van der Waals surface area contributed by atoms with Crippen LogP contribution in [0.1, 0.15) is 31.7 Å². The molecule has 6 heteroatoms. The van der Waals surface area contributed by atoms with Gasteiger partial charge in [-0.3, -0.25) is 4.79 Å². The molecule has 1 heterocycles. The molecule has 3 nitrogen and oxygen atoms in total. The van der Waals surface area contributed by atoms with Gasteiger partial charge in [-0.05, 0) is 43.0 Å². The lowest BCUT2D eigenvalue weighted by Gasteiger charge is -2.25. The number of carbonyl (C=O) groups is 1. The first kappa shape index (κ1) is 17.9. The maximum atomic E-state index is 13.2. The van der Waals surface area contributed by atoms with E-state index in [-0.39, 0.29) is 23.7 Å². The van der Waals surface area contributed by atoms with Gasteiger partial charge >= 0.3 is 0 Å². The average molecular weight is 319 g/mol. The van der Waals surface area contributed by atoms with Crippen LogP contribution in [0.4, 0.5) is 8.78 Å². The molecule has 0 aliphatic carbocycles. The number of carbonyl (C=O) groups excluding carboxylic acids is 1. The van der Waals surface area contributed by atoms with E-state index in [1.54, 1.807) is 11.8 Å². The Morgan fingerprint density at radius 2 is 2.10 bits per heavy atom. The number of rotatable bonds is 3. The summed E-state index contributed by atoms with van der Waals surface area (Å²) in [7, 11) is 0. The fourth-order valence-electron chi connectivity index (χ4n) is 2.58. The zero-order chi connectivity index (χ0) is 14.9. The van der Waals surface area contributed by atoms with Crippen LogP contribution in [0.3, 0.4) is 0 Å². The number of nitrogens with two attached hydrogens (primary N) is 1. The summed E-state index contributed by atoms with van der Waals surface area (Å²) in [5, 5.41) is 0. The fourth-order valence-corrected chi connectivity index (χ4v) is 2.58. The lowest BCUT2D eigenvalue weighted by molar-refractivity contribution is -0.131. The molecule has 0 radical (unpaired) electrons. The zero-order valence-corrected chi connectivity index (χ0v) is 13.1. The maximum Gasteiger partial charge on any atom is 0.229 e. The highest BCUT2D eigenvalue weighted by Crippen LogP contribution is 2.31. The van der Waals surface area contributed by atoms with Crippen molar-refractivity contribution in [1.29, 1.82) is 0 Å². The van der Waals surface area contributed by atoms with E-state index in [1.807, 2.05) is 0 Å². The first-order valence-electron chi connectivity index (χ1n) is 6.80. The molecule has 1 amide bonds. The Morgan fingerprint density at radius 3 is 2.62 bits per heavy atom. The molecule has 1 aliphatic rings. The molecule has 1 aliphatic heterocycles. The van der Waals surface area contributed by atoms with Gasteiger partial charge in [0.1, 0.15) is 0 Å². The molecular weight excluding hydrogens is 298 g/mol. The molecule has 0 saturated carbocycles. The Labute approximate surface area is 129 Å². The topological polar surface area (TPSA) is 46.3 Å². The van der Waals surface area contributed by atoms with Crippen LogP contribution in [0, 0.1) is 17.0 Å². The normalized spacial score (nSPS) is 22.8. The minimum Gasteiger partial charge on any atom is -0.342 e. The van der Waals surface area contributed by atoms with Crippen molar-refractivity contribution >= 4 is 18.3 Å². The molecule has 1 aromatic carbocycles. The largest absolute Gasteiger partial charge is 0.342 e. The molecule has 0 aromatic heterocycles. The van der Waals surface area contributed by atoms with Crippen LogP contribution < -0.4 is 5.73 Å². The Kier molecular flexibility index (Phi) is 5.70. The highest BCUT2D eigenvalue weighted by Gasteiger charge is 2.36. The predicted octanol–water partition coefficient (Wildman–Crippen LogP) is 2.69. The lowest BCUT2D eigenvalue weighted by atomic mass is 9.90. The van der Waals surface area contributed by atoms with E-state index in [1.165, 1.54) is 6.07 Å². The van der Waals surface area contributed by atoms with Gasteiger partial charge in [0.05, 0.1) is 5.92 Å². The first-order valence-corrected chi connectivity index (χ1v) is 6.80. The van der Waals surface area contributed by atoms with Gasteiger partial charge in [0, 0.05) is 13.1 Å². The second kappa shape index (κ2) is 6.71. The maximum absolute atomic E-state index is 13.2. The van der Waals surface area contributed by atoms with Crippen molar-refractivity contribution in [2.24, 2.45) is 11.1 Å². The van der Waals surface area contributed by atoms with Crippen LogP contribution in [0.15, 0.2) is 18.2 Å². The molecule has 0 spiro atoms. The molecule has 2 unspecified atom stereocenters. The minimum atomic E-state index is -0.921. The van der Waals surface area contributed by atoms with Crippen molar-refractivity contribution in [3.8, 4) is 0 Å². The summed E-state index contributed by atoms with van der Waals surface area (Å²) in [6.07, 6.45) is 0.875. The standard InChI is InChI=1S/C15H20F2N2O.ClH/c1-10(11-3-4-12(16)13(17)7-11)14(20)19-6-5-15(2,8-18)9-19;/h3-4,7,10H,5-6,8-9,18H2,1-2H3;1H. The number of hydrogen-bond donors (Lipinski definition) is 1. The molecule has 2 atom stereocenters. The second-order valence-electron chi connectivity index (χ2n) is 5.92. The highest BCUT2D eigenvalue weighted by atomic mass is 35.5. The van der Waals surface area contributed by atoms with Gasteiger partial charge in [-0.2, -0.15) is 0 Å². The highest BCUT2D eigenvalue weighted by molar-refractivity contribution is 5.85. The lowest BCUT2D eigenvalue weighted by Crippen LogP contribution is -2.36. The van der Waals surface area contributed by atoms with Crippen LogP contribution in [0.2, 0.25) is 0 Å². The first-order chi connectivity index (χ1) is 9.36. The number of benzene rings is 1. The van der Waals surface area contributed by atoms with E-state index in [4.69, 9.17) is 5.73 Å². The Bertz CT molecular complexity index is 526. The number of nitrogens with zero attached hydrogens (tertiary/aromatic N) is 1. The van der Waals surface area contributed by atoms with Gasteiger partial charge in [0.25, 0.3) is 0 Å². The van der Waals surface area contributed by atoms with Crippen molar-refractivity contribution in [2.75, 3.05) is 19.6 Å². The van der Waals surface area contributed by atoms with Crippen molar-refractivity contribution in [2.45, 2.75) is 26.2 Å². The molecule has 1 saturated heterocycles. The van der Waals surface area contributed by atoms with Crippen molar-refractivity contribution in [3.63, 3.8) is 0 Å². The Hall–Kier alpha value is -1.20. The number of amides is 1. The third-order valence-electron chi connectivity index (χ3n) is 4.18. The monoisotopic (exact) mass is 318 g/mol. The van der Waals surface area contributed by atoms with E-state index in [0.717, 1.165) is 18.6 Å². The second-order valence-corrected chi connectivity index (χ2v) is 5.92. The van der Waals surface area contributed by atoms with Crippen LogP contribution in [0.5, 0.6) is 0 Å². The van der Waals surface area contributed by atoms with Crippen molar-refractivity contribution in [3.05, 3.63) is 35.4 Å². The minimum absolute atomic E-state index is 0. The Morgan fingerprint density at radius 1 is 1.43 bits per heavy atom. The van der Waals surface area contributed by atoms with Crippen LogP contribution >= 0.6 is 12.4 Å². The van der Waals surface area contributed by atoms with Gasteiger partial charge < -0.3 is 10.6 Å². The van der Waals surface area contributed by atoms with E-state index in [0.29, 0.717) is 25.2 Å².